The van der Waals surface area contributed by atoms with Crippen molar-refractivity contribution in [3.05, 3.63) is 53.0 Å². The minimum Gasteiger partial charge on any atom is -0.497 e. The first-order valence-electron chi connectivity index (χ1n) is 7.87. The number of allylic oxidation sites excluding steroid dienone is 1. The number of nitrogens with zero attached hydrogens (tertiary/aromatic N) is 1. The molecule has 0 atom stereocenters. The van der Waals surface area contributed by atoms with Gasteiger partial charge in [0.1, 0.15) is 17.4 Å². The second-order valence-corrected chi connectivity index (χ2v) is 5.89. The largest absolute Gasteiger partial charge is 0.497 e. The van der Waals surface area contributed by atoms with Gasteiger partial charge in [-0.15, -0.1) is 0 Å². The van der Waals surface area contributed by atoms with Crippen LogP contribution in [0.2, 0.25) is 0 Å². The van der Waals surface area contributed by atoms with Crippen LogP contribution in [0.25, 0.3) is 5.57 Å². The number of aromatic nitrogens is 1. The summed E-state index contributed by atoms with van der Waals surface area (Å²) in [4.78, 5) is 7.88. The van der Waals surface area contributed by atoms with E-state index in [0.29, 0.717) is 16.9 Å². The van der Waals surface area contributed by atoms with E-state index in [0.717, 1.165) is 18.7 Å². The average molecular weight is 312 g/mol. The maximum atomic E-state index is 14.0. The molecule has 1 aromatic carbocycles. The van der Waals surface area contributed by atoms with Crippen molar-refractivity contribution in [3.8, 4) is 5.75 Å². The highest BCUT2D eigenvalue weighted by Crippen LogP contribution is 2.31. The van der Waals surface area contributed by atoms with E-state index < -0.39 is 0 Å². The van der Waals surface area contributed by atoms with Gasteiger partial charge < -0.3 is 9.72 Å². The van der Waals surface area contributed by atoms with Gasteiger partial charge in [-0.3, -0.25) is 0 Å². The summed E-state index contributed by atoms with van der Waals surface area (Å²) in [6.07, 6.45) is 6.26. The number of fused-ring (bicyclic) bond motifs is 1. The van der Waals surface area contributed by atoms with Crippen LogP contribution in [0.3, 0.4) is 0 Å². The Labute approximate surface area is 135 Å². The van der Waals surface area contributed by atoms with Gasteiger partial charge >= 0.3 is 0 Å². The zero-order valence-electron chi connectivity index (χ0n) is 13.6. The average Bonchev–Trinajstić information content (AvgIpc) is 2.89. The Morgan fingerprint density at radius 1 is 1.35 bits per heavy atom. The van der Waals surface area contributed by atoms with Gasteiger partial charge in [-0.2, -0.15) is 0 Å². The highest BCUT2D eigenvalue weighted by atomic mass is 19.1. The summed E-state index contributed by atoms with van der Waals surface area (Å²) in [6.45, 7) is 6.01. The van der Waals surface area contributed by atoms with E-state index in [1.165, 1.54) is 35.7 Å². The molecule has 1 aromatic heterocycles. The third-order valence-electron chi connectivity index (χ3n) is 4.41. The number of nitrogens with one attached hydrogen (secondary N) is 1. The highest BCUT2D eigenvalue weighted by Gasteiger charge is 2.16. The van der Waals surface area contributed by atoms with Gasteiger partial charge in [0.05, 0.1) is 7.11 Å². The maximum Gasteiger partial charge on any atom is 0.133 e. The van der Waals surface area contributed by atoms with E-state index in [2.05, 4.69) is 23.5 Å². The molecule has 0 spiro atoms. The lowest BCUT2D eigenvalue weighted by molar-refractivity contribution is 0.413. The molecule has 3 nitrogen and oxygen atoms in total. The van der Waals surface area contributed by atoms with Crippen molar-refractivity contribution in [2.24, 2.45) is 4.99 Å². The van der Waals surface area contributed by atoms with Crippen molar-refractivity contribution in [1.82, 2.24) is 4.98 Å². The number of rotatable bonds is 4. The monoisotopic (exact) mass is 312 g/mol. The molecule has 0 saturated carbocycles. The van der Waals surface area contributed by atoms with Crippen LogP contribution in [0, 0.1) is 12.7 Å². The van der Waals surface area contributed by atoms with E-state index in [-0.39, 0.29) is 5.82 Å². The summed E-state index contributed by atoms with van der Waals surface area (Å²) >= 11 is 0. The molecule has 4 heteroatoms. The normalized spacial score (nSPS) is 14.0. The van der Waals surface area contributed by atoms with Gasteiger partial charge in [0.2, 0.25) is 0 Å². The van der Waals surface area contributed by atoms with E-state index >= 15 is 0 Å². The molecule has 1 aliphatic carbocycles. The summed E-state index contributed by atoms with van der Waals surface area (Å²) in [5.74, 6) is 1.12. The first kappa shape index (κ1) is 15.5. The number of aromatic amines is 1. The number of ether oxygens (including phenoxy) is 1. The zero-order valence-corrected chi connectivity index (χ0v) is 13.6. The highest BCUT2D eigenvalue weighted by molar-refractivity contribution is 6.09. The number of hydrogen-bond donors (Lipinski definition) is 1. The molecule has 0 unspecified atom stereocenters. The lowest BCUT2D eigenvalue weighted by atomic mass is 9.95. The Bertz CT molecular complexity index is 774. The molecule has 2 aromatic rings. The minimum atomic E-state index is -0.329. The fraction of sp³-hybridized carbons (Fsp3) is 0.316. The van der Waals surface area contributed by atoms with Crippen LogP contribution in [0.15, 0.2) is 29.8 Å². The molecule has 120 valence electrons. The fourth-order valence-electron chi connectivity index (χ4n) is 3.06. The van der Waals surface area contributed by atoms with Crippen LogP contribution in [0.5, 0.6) is 5.75 Å². The second kappa shape index (κ2) is 6.41. The quantitative estimate of drug-likeness (QED) is 0.812. The van der Waals surface area contributed by atoms with Gasteiger partial charge in [0.15, 0.2) is 0 Å². The van der Waals surface area contributed by atoms with Crippen LogP contribution in [-0.2, 0) is 12.8 Å². The van der Waals surface area contributed by atoms with Gasteiger partial charge in [-0.05, 0) is 67.5 Å². The van der Waals surface area contributed by atoms with Crippen LogP contribution in [0.1, 0.15) is 35.2 Å². The molecular formula is C19H21FN2O. The zero-order chi connectivity index (χ0) is 16.4. The molecule has 3 rings (SSSR count). The van der Waals surface area contributed by atoms with Crippen molar-refractivity contribution in [3.63, 3.8) is 0 Å². The van der Waals surface area contributed by atoms with Crippen molar-refractivity contribution < 1.29 is 9.13 Å². The topological polar surface area (TPSA) is 37.4 Å². The van der Waals surface area contributed by atoms with E-state index in [1.807, 2.05) is 0 Å². The van der Waals surface area contributed by atoms with Gasteiger partial charge in [0.25, 0.3) is 0 Å². The maximum absolute atomic E-state index is 14.0. The van der Waals surface area contributed by atoms with E-state index in [4.69, 9.17) is 4.74 Å². The molecule has 0 saturated heterocycles. The Morgan fingerprint density at radius 2 is 2.13 bits per heavy atom. The number of methoxy groups -OCH3 is 1. The van der Waals surface area contributed by atoms with Crippen molar-refractivity contribution in [2.45, 2.75) is 32.6 Å². The number of aryl methyl sites for hydroxylation is 1. The predicted octanol–water partition coefficient (Wildman–Crippen LogP) is 4.77. The molecule has 0 radical (unpaired) electrons. The number of benzene rings is 1. The Hall–Kier alpha value is -2.36. The number of aliphatic imine (C=N–C) groups is 1. The van der Waals surface area contributed by atoms with Crippen LogP contribution in [-0.4, -0.2) is 18.3 Å². The second-order valence-electron chi connectivity index (χ2n) is 5.89. The Balaban J connectivity index is 1.86. The smallest absolute Gasteiger partial charge is 0.133 e. The first-order valence-corrected chi connectivity index (χ1v) is 7.87. The molecule has 0 aliphatic heterocycles. The lowest BCUT2D eigenvalue weighted by Crippen LogP contribution is -2.00. The molecule has 0 amide bonds. The SMILES string of the molecule is C=C(/C=N\c1[nH]c2c(c1C)CCCC2)c1cc(OC)ccc1F. The summed E-state index contributed by atoms with van der Waals surface area (Å²) in [5, 5.41) is 0. The summed E-state index contributed by atoms with van der Waals surface area (Å²) in [5.41, 5.74) is 4.80. The third-order valence-corrected chi connectivity index (χ3v) is 4.41. The summed E-state index contributed by atoms with van der Waals surface area (Å²) in [6, 6.07) is 4.61. The van der Waals surface area contributed by atoms with E-state index in [9.17, 15) is 4.39 Å². The van der Waals surface area contributed by atoms with Gasteiger partial charge in [0, 0.05) is 17.5 Å². The van der Waals surface area contributed by atoms with Crippen LogP contribution >= 0.6 is 0 Å². The standard InChI is InChI=1S/C19H21FN2O/c1-12(16-10-14(23-3)8-9-17(16)20)11-21-19-13(2)15-6-4-5-7-18(15)22-19/h8-11,22H,1,4-7H2,2-3H3/b21-11-. The molecule has 1 aliphatic rings. The molecular weight excluding hydrogens is 291 g/mol. The Kier molecular flexibility index (Phi) is 4.33. The lowest BCUT2D eigenvalue weighted by Gasteiger charge is -2.10. The summed E-state index contributed by atoms with van der Waals surface area (Å²) in [7, 11) is 1.56. The van der Waals surface area contributed by atoms with Gasteiger partial charge in [-0.1, -0.05) is 6.58 Å². The van der Waals surface area contributed by atoms with Crippen molar-refractivity contribution in [2.75, 3.05) is 7.11 Å². The van der Waals surface area contributed by atoms with Crippen LogP contribution < -0.4 is 4.74 Å². The number of hydrogen-bond acceptors (Lipinski definition) is 2. The third kappa shape index (κ3) is 3.07. The molecule has 0 bridgehead atoms. The van der Waals surface area contributed by atoms with E-state index in [1.54, 1.807) is 25.5 Å². The summed E-state index contributed by atoms with van der Waals surface area (Å²) < 4.78 is 19.1. The molecule has 0 fully saturated rings. The van der Waals surface area contributed by atoms with Crippen LogP contribution in [0.4, 0.5) is 10.2 Å². The molecule has 1 heterocycles. The molecule has 1 N–H and O–H groups in total. The fourth-order valence-corrected chi connectivity index (χ4v) is 3.06. The molecule has 23 heavy (non-hydrogen) atoms. The van der Waals surface area contributed by atoms with Crippen molar-refractivity contribution in [1.29, 1.82) is 0 Å². The van der Waals surface area contributed by atoms with Gasteiger partial charge in [-0.25, -0.2) is 9.38 Å². The Morgan fingerprint density at radius 3 is 2.87 bits per heavy atom. The minimum absolute atomic E-state index is 0.329. The predicted molar refractivity (Wildman–Crippen MR) is 92.3 cm³/mol. The van der Waals surface area contributed by atoms with Crippen molar-refractivity contribution >= 4 is 17.6 Å². The number of halogens is 1. The first-order chi connectivity index (χ1) is 11.1. The number of H-pyrrole nitrogens is 1.